The fourth-order valence-electron chi connectivity index (χ4n) is 1.17. The Morgan fingerprint density at radius 3 is 2.53 bits per heavy atom. The van der Waals surface area contributed by atoms with Gasteiger partial charge in [0.2, 0.25) is 10.0 Å². The fraction of sp³-hybridized carbons (Fsp3) is 0.222. The first kappa shape index (κ1) is 15.3. The zero-order chi connectivity index (χ0) is 14.8. The van der Waals surface area contributed by atoms with Crippen molar-refractivity contribution in [3.8, 4) is 0 Å². The summed E-state index contributed by atoms with van der Waals surface area (Å²) in [6.07, 6.45) is 0. The van der Waals surface area contributed by atoms with Gasteiger partial charge in [0.15, 0.2) is 0 Å². The van der Waals surface area contributed by atoms with Crippen molar-refractivity contribution in [2.45, 2.75) is 17.9 Å². The number of nitro groups is 1. The summed E-state index contributed by atoms with van der Waals surface area (Å²) in [6, 6.07) is 1.43. The summed E-state index contributed by atoms with van der Waals surface area (Å²) in [5.74, 6) is -1.36. The molecule has 104 valence electrons. The van der Waals surface area contributed by atoms with Crippen LogP contribution in [0.5, 0.6) is 0 Å². The number of aliphatic carboxylic acids is 1. The highest BCUT2D eigenvalue weighted by Crippen LogP contribution is 2.26. The lowest BCUT2D eigenvalue weighted by Gasteiger charge is -2.11. The lowest BCUT2D eigenvalue weighted by atomic mass is 10.3. The third-order valence-corrected chi connectivity index (χ3v) is 4.14. The molecule has 2 N–H and O–H groups in total. The standard InChI is InChI=1S/C9H9ClN2O6S/c1-5(9(13)14)11-19(17,18)8-3-2-6(12(15)16)4-7(8)10/h2-5,11H,1H3,(H,13,14)/t5-/m0/s1. The zero-order valence-corrected chi connectivity index (χ0v) is 11.1. The molecule has 0 fully saturated rings. The molecule has 0 unspecified atom stereocenters. The van der Waals surface area contributed by atoms with Crippen LogP contribution in [0.2, 0.25) is 5.02 Å². The van der Waals surface area contributed by atoms with E-state index >= 15 is 0 Å². The molecule has 0 aliphatic heterocycles. The first-order valence-electron chi connectivity index (χ1n) is 4.84. The second-order valence-corrected chi connectivity index (χ2v) is 5.64. The zero-order valence-electron chi connectivity index (χ0n) is 9.53. The van der Waals surface area contributed by atoms with Crippen LogP contribution in [-0.4, -0.2) is 30.5 Å². The molecule has 0 aromatic heterocycles. The van der Waals surface area contributed by atoms with E-state index in [9.17, 15) is 23.3 Å². The van der Waals surface area contributed by atoms with E-state index in [-0.39, 0.29) is 10.7 Å². The number of non-ortho nitro benzene ring substituents is 1. The minimum absolute atomic E-state index is 0.362. The molecule has 0 radical (unpaired) electrons. The van der Waals surface area contributed by atoms with E-state index < -0.39 is 31.9 Å². The van der Waals surface area contributed by atoms with Crippen LogP contribution in [0, 0.1) is 10.1 Å². The first-order valence-corrected chi connectivity index (χ1v) is 6.70. The first-order chi connectivity index (χ1) is 8.65. The van der Waals surface area contributed by atoms with Crippen LogP contribution < -0.4 is 4.72 Å². The van der Waals surface area contributed by atoms with E-state index in [1.165, 1.54) is 0 Å². The number of nitrogens with zero attached hydrogens (tertiary/aromatic N) is 1. The molecule has 0 bridgehead atoms. The number of carbonyl (C=O) groups is 1. The second kappa shape index (κ2) is 5.51. The van der Waals surface area contributed by atoms with Gasteiger partial charge in [-0.1, -0.05) is 11.6 Å². The third-order valence-electron chi connectivity index (χ3n) is 2.12. The Balaban J connectivity index is 3.16. The van der Waals surface area contributed by atoms with Gasteiger partial charge in [0.05, 0.1) is 9.95 Å². The van der Waals surface area contributed by atoms with Gasteiger partial charge in [-0.15, -0.1) is 0 Å². The van der Waals surface area contributed by atoms with E-state index in [1.807, 2.05) is 4.72 Å². The van der Waals surface area contributed by atoms with Gasteiger partial charge in [-0.2, -0.15) is 4.72 Å². The number of nitro benzene ring substituents is 1. The summed E-state index contributed by atoms with van der Waals surface area (Å²) in [7, 11) is -4.16. The van der Waals surface area contributed by atoms with Gasteiger partial charge < -0.3 is 5.11 Å². The van der Waals surface area contributed by atoms with Crippen LogP contribution in [0.25, 0.3) is 0 Å². The number of carboxylic acid groups (broad SMARTS) is 1. The molecule has 1 atom stereocenters. The van der Waals surface area contributed by atoms with E-state index in [0.717, 1.165) is 25.1 Å². The summed E-state index contributed by atoms with van der Waals surface area (Å²) >= 11 is 5.65. The molecule has 0 heterocycles. The molecule has 1 rings (SSSR count). The smallest absolute Gasteiger partial charge is 0.321 e. The largest absolute Gasteiger partial charge is 0.480 e. The number of benzene rings is 1. The molecule has 1 aromatic rings. The molecule has 0 amide bonds. The van der Waals surface area contributed by atoms with E-state index in [0.29, 0.717) is 0 Å². The Morgan fingerprint density at radius 2 is 2.11 bits per heavy atom. The van der Waals surface area contributed by atoms with Crippen molar-refractivity contribution in [3.05, 3.63) is 33.3 Å². The third kappa shape index (κ3) is 3.63. The molecule has 8 nitrogen and oxygen atoms in total. The maximum atomic E-state index is 11.8. The van der Waals surface area contributed by atoms with Crippen molar-refractivity contribution in [1.82, 2.24) is 4.72 Å². The van der Waals surface area contributed by atoms with Crippen LogP contribution in [0.3, 0.4) is 0 Å². The summed E-state index contributed by atoms with van der Waals surface area (Å²) in [5, 5.41) is 18.8. The summed E-state index contributed by atoms with van der Waals surface area (Å²) in [4.78, 5) is 19.9. The van der Waals surface area contributed by atoms with Crippen molar-refractivity contribution in [2.75, 3.05) is 0 Å². The number of rotatable bonds is 5. The maximum absolute atomic E-state index is 11.8. The number of sulfonamides is 1. The van der Waals surface area contributed by atoms with Crippen LogP contribution >= 0.6 is 11.6 Å². The molecule has 1 aromatic carbocycles. The van der Waals surface area contributed by atoms with Gasteiger partial charge in [0.25, 0.3) is 5.69 Å². The lowest BCUT2D eigenvalue weighted by molar-refractivity contribution is -0.384. The highest BCUT2D eigenvalue weighted by molar-refractivity contribution is 7.89. The van der Waals surface area contributed by atoms with Crippen LogP contribution in [0.4, 0.5) is 5.69 Å². The molecular weight excluding hydrogens is 300 g/mol. The highest BCUT2D eigenvalue weighted by Gasteiger charge is 2.24. The van der Waals surface area contributed by atoms with Crippen LogP contribution in [0.1, 0.15) is 6.92 Å². The number of nitrogens with one attached hydrogen (secondary N) is 1. The predicted molar refractivity (Wildman–Crippen MR) is 65.5 cm³/mol. The Bertz CT molecular complexity index is 630. The van der Waals surface area contributed by atoms with Gasteiger partial charge in [-0.05, 0) is 13.0 Å². The SMILES string of the molecule is C[C@H](NS(=O)(=O)c1ccc([N+](=O)[O-])cc1Cl)C(=O)O. The van der Waals surface area contributed by atoms with E-state index in [1.54, 1.807) is 0 Å². The fourth-order valence-corrected chi connectivity index (χ4v) is 2.90. The topological polar surface area (TPSA) is 127 Å². The number of hydrogen-bond donors (Lipinski definition) is 2. The average molecular weight is 309 g/mol. The Labute approximate surface area is 113 Å². The van der Waals surface area contributed by atoms with Gasteiger partial charge >= 0.3 is 5.97 Å². The normalized spacial score (nSPS) is 12.9. The number of hydrogen-bond acceptors (Lipinski definition) is 5. The van der Waals surface area contributed by atoms with Crippen molar-refractivity contribution in [1.29, 1.82) is 0 Å². The van der Waals surface area contributed by atoms with E-state index in [2.05, 4.69) is 0 Å². The van der Waals surface area contributed by atoms with Gasteiger partial charge in [0, 0.05) is 12.1 Å². The molecule has 0 aliphatic rings. The highest BCUT2D eigenvalue weighted by atomic mass is 35.5. The van der Waals surface area contributed by atoms with Crippen molar-refractivity contribution >= 4 is 33.3 Å². The second-order valence-electron chi connectivity index (χ2n) is 3.55. The summed E-state index contributed by atoms with van der Waals surface area (Å²) in [6.45, 7) is 1.14. The molecule has 0 saturated heterocycles. The van der Waals surface area contributed by atoms with Crippen molar-refractivity contribution in [3.63, 3.8) is 0 Å². The minimum atomic E-state index is -4.16. The molecule has 19 heavy (non-hydrogen) atoms. The Hall–Kier alpha value is -1.71. The van der Waals surface area contributed by atoms with Crippen LogP contribution in [0.15, 0.2) is 23.1 Å². The monoisotopic (exact) mass is 308 g/mol. The summed E-state index contributed by atoms with van der Waals surface area (Å²) < 4.78 is 25.5. The summed E-state index contributed by atoms with van der Waals surface area (Å²) in [5.41, 5.74) is -0.366. The van der Waals surface area contributed by atoms with Crippen molar-refractivity contribution in [2.24, 2.45) is 0 Å². The van der Waals surface area contributed by atoms with Gasteiger partial charge in [-0.25, -0.2) is 8.42 Å². The van der Waals surface area contributed by atoms with Gasteiger partial charge in [0.1, 0.15) is 10.9 Å². The van der Waals surface area contributed by atoms with Crippen molar-refractivity contribution < 1.29 is 23.2 Å². The van der Waals surface area contributed by atoms with Gasteiger partial charge in [-0.3, -0.25) is 14.9 Å². The molecule has 0 aliphatic carbocycles. The molecule has 0 saturated carbocycles. The van der Waals surface area contributed by atoms with Crippen LogP contribution in [-0.2, 0) is 14.8 Å². The Morgan fingerprint density at radius 1 is 1.53 bits per heavy atom. The molecule has 10 heteroatoms. The number of carboxylic acids is 1. The predicted octanol–water partition coefficient (Wildman–Crippen LogP) is 1.000. The quantitative estimate of drug-likeness (QED) is 0.617. The average Bonchev–Trinajstić information content (AvgIpc) is 2.27. The lowest BCUT2D eigenvalue weighted by Crippen LogP contribution is -2.38. The minimum Gasteiger partial charge on any atom is -0.480 e. The number of halogens is 1. The maximum Gasteiger partial charge on any atom is 0.321 e. The molecule has 0 spiro atoms. The van der Waals surface area contributed by atoms with E-state index in [4.69, 9.17) is 16.7 Å². The Kier molecular flexibility index (Phi) is 4.45. The molecular formula is C9H9ClN2O6S.